The fraction of sp³-hybridized carbons (Fsp3) is 0.190. The number of halogens is 1. The molecule has 2 aromatic rings. The molecule has 1 saturated heterocycles. The van der Waals surface area contributed by atoms with Crippen LogP contribution in [0.25, 0.3) is 6.08 Å². The number of methoxy groups -OCH3 is 1. The molecule has 3 rings (SSSR count). The second-order valence-electron chi connectivity index (χ2n) is 6.34. The molecule has 1 heterocycles. The van der Waals surface area contributed by atoms with Gasteiger partial charge < -0.3 is 14.2 Å². The summed E-state index contributed by atoms with van der Waals surface area (Å²) in [5, 5.41) is 4.98. The lowest BCUT2D eigenvalue weighted by Gasteiger charge is -2.17. The molecular formula is C21H19ClN2O5S. The number of aryl methyl sites for hydroxylation is 1. The largest absolute Gasteiger partial charge is 0.493 e. The van der Waals surface area contributed by atoms with E-state index in [1.165, 1.54) is 13.2 Å². The summed E-state index contributed by atoms with van der Waals surface area (Å²) < 4.78 is 16.7. The number of ether oxygens (including phenoxy) is 3. The molecule has 0 bridgehead atoms. The van der Waals surface area contributed by atoms with Gasteiger partial charge in [-0.05, 0) is 55.0 Å². The number of carbonyl (C=O) groups excluding carboxylic acids is 2. The van der Waals surface area contributed by atoms with Crippen molar-refractivity contribution in [2.45, 2.75) is 6.92 Å². The minimum Gasteiger partial charge on any atom is -0.493 e. The standard InChI is InChI=1S/C21H19ClN2O5S/c1-12-3-5-14(6-4-12)28-7-8-29-18-16(22)10-13(11-17(18)27-2)9-15-19(25)23-21(30)24-20(15)26/h3-6,9-11H,7-8H2,1-2H3,(H2,23,24,25,26,30). The molecule has 0 unspecified atom stereocenters. The van der Waals surface area contributed by atoms with E-state index in [0.29, 0.717) is 23.7 Å². The van der Waals surface area contributed by atoms with Gasteiger partial charge in [-0.1, -0.05) is 29.3 Å². The maximum absolute atomic E-state index is 12.0. The van der Waals surface area contributed by atoms with E-state index < -0.39 is 11.8 Å². The van der Waals surface area contributed by atoms with Gasteiger partial charge in [0.2, 0.25) is 0 Å². The van der Waals surface area contributed by atoms with E-state index in [4.69, 9.17) is 38.0 Å². The summed E-state index contributed by atoms with van der Waals surface area (Å²) in [6.07, 6.45) is 1.39. The number of benzene rings is 2. The molecule has 2 aromatic carbocycles. The molecule has 0 atom stereocenters. The zero-order valence-corrected chi connectivity index (χ0v) is 17.9. The van der Waals surface area contributed by atoms with Gasteiger partial charge in [0.25, 0.3) is 11.8 Å². The first-order chi connectivity index (χ1) is 14.4. The molecule has 30 heavy (non-hydrogen) atoms. The van der Waals surface area contributed by atoms with Gasteiger partial charge in [-0.15, -0.1) is 0 Å². The smallest absolute Gasteiger partial charge is 0.263 e. The summed E-state index contributed by atoms with van der Waals surface area (Å²) >= 11 is 11.1. The molecule has 1 aliphatic heterocycles. The maximum Gasteiger partial charge on any atom is 0.263 e. The Balaban J connectivity index is 1.70. The first-order valence-electron chi connectivity index (χ1n) is 8.95. The van der Waals surface area contributed by atoms with Crippen LogP contribution in [0.1, 0.15) is 11.1 Å². The molecule has 2 N–H and O–H groups in total. The topological polar surface area (TPSA) is 85.9 Å². The number of carbonyl (C=O) groups is 2. The summed E-state index contributed by atoms with van der Waals surface area (Å²) in [6.45, 7) is 2.56. The van der Waals surface area contributed by atoms with Gasteiger partial charge in [0.1, 0.15) is 24.5 Å². The molecule has 0 saturated carbocycles. The van der Waals surface area contributed by atoms with Crippen LogP contribution >= 0.6 is 23.8 Å². The summed E-state index contributed by atoms with van der Waals surface area (Å²) in [5.74, 6) is 0.261. The lowest BCUT2D eigenvalue weighted by molar-refractivity contribution is -0.123. The van der Waals surface area contributed by atoms with Gasteiger partial charge in [-0.25, -0.2) is 0 Å². The zero-order chi connectivity index (χ0) is 21.7. The number of rotatable bonds is 7. The lowest BCUT2D eigenvalue weighted by Crippen LogP contribution is -2.51. The van der Waals surface area contributed by atoms with Gasteiger partial charge in [0, 0.05) is 0 Å². The Morgan fingerprint density at radius 1 is 1.03 bits per heavy atom. The molecule has 7 nitrogen and oxygen atoms in total. The third-order valence-electron chi connectivity index (χ3n) is 4.13. The Hall–Kier alpha value is -3.10. The molecule has 0 aromatic heterocycles. The summed E-state index contributed by atoms with van der Waals surface area (Å²) in [4.78, 5) is 24.0. The van der Waals surface area contributed by atoms with Crippen LogP contribution in [0, 0.1) is 6.92 Å². The molecule has 1 fully saturated rings. The van der Waals surface area contributed by atoms with E-state index in [2.05, 4.69) is 10.6 Å². The summed E-state index contributed by atoms with van der Waals surface area (Å²) in [5.41, 5.74) is 1.55. The fourth-order valence-electron chi connectivity index (χ4n) is 2.67. The highest BCUT2D eigenvalue weighted by molar-refractivity contribution is 7.80. The number of thiocarbonyl (C=S) groups is 1. The van der Waals surface area contributed by atoms with Crippen molar-refractivity contribution in [3.63, 3.8) is 0 Å². The molecular weight excluding hydrogens is 428 g/mol. The van der Waals surface area contributed by atoms with Crippen LogP contribution in [0.5, 0.6) is 17.2 Å². The van der Waals surface area contributed by atoms with Crippen molar-refractivity contribution in [3.05, 3.63) is 58.1 Å². The fourth-order valence-corrected chi connectivity index (χ4v) is 3.13. The Morgan fingerprint density at radius 3 is 2.30 bits per heavy atom. The van der Waals surface area contributed by atoms with Crippen LogP contribution < -0.4 is 24.8 Å². The maximum atomic E-state index is 12.0. The Morgan fingerprint density at radius 2 is 1.67 bits per heavy atom. The van der Waals surface area contributed by atoms with Crippen LogP contribution in [-0.2, 0) is 9.59 Å². The van der Waals surface area contributed by atoms with E-state index in [1.54, 1.807) is 12.1 Å². The average Bonchev–Trinajstić information content (AvgIpc) is 2.70. The van der Waals surface area contributed by atoms with Crippen LogP contribution in [0.15, 0.2) is 42.0 Å². The number of hydrogen-bond acceptors (Lipinski definition) is 6. The van der Waals surface area contributed by atoms with Gasteiger partial charge in [-0.2, -0.15) is 0 Å². The summed E-state index contributed by atoms with van der Waals surface area (Å²) in [6, 6.07) is 10.9. The second kappa shape index (κ2) is 9.60. The van der Waals surface area contributed by atoms with Crippen molar-refractivity contribution in [2.24, 2.45) is 0 Å². The zero-order valence-electron chi connectivity index (χ0n) is 16.3. The molecule has 1 aliphatic rings. The Kier molecular flexibility index (Phi) is 6.91. The van der Waals surface area contributed by atoms with Crippen LogP contribution in [0.2, 0.25) is 5.02 Å². The van der Waals surface area contributed by atoms with Crippen molar-refractivity contribution in [2.75, 3.05) is 20.3 Å². The van der Waals surface area contributed by atoms with Crippen molar-refractivity contribution in [3.8, 4) is 17.2 Å². The van der Waals surface area contributed by atoms with Gasteiger partial charge in [0.05, 0.1) is 12.1 Å². The highest BCUT2D eigenvalue weighted by Crippen LogP contribution is 2.37. The molecule has 2 amide bonds. The first kappa shape index (κ1) is 21.6. The predicted octanol–water partition coefficient (Wildman–Crippen LogP) is 3.03. The quantitative estimate of drug-likeness (QED) is 0.294. The highest BCUT2D eigenvalue weighted by atomic mass is 35.5. The SMILES string of the molecule is COc1cc(C=C2C(=O)NC(=S)NC2=O)cc(Cl)c1OCCOc1ccc(C)cc1. The number of amides is 2. The van der Waals surface area contributed by atoms with Gasteiger partial charge in [-0.3, -0.25) is 20.2 Å². The van der Waals surface area contributed by atoms with Gasteiger partial charge >= 0.3 is 0 Å². The normalized spacial score (nSPS) is 13.4. The predicted molar refractivity (Wildman–Crippen MR) is 117 cm³/mol. The molecule has 0 spiro atoms. The molecule has 0 radical (unpaired) electrons. The van der Waals surface area contributed by atoms with Crippen LogP contribution in [0.3, 0.4) is 0 Å². The van der Waals surface area contributed by atoms with Gasteiger partial charge in [0.15, 0.2) is 16.6 Å². The molecule has 156 valence electrons. The van der Waals surface area contributed by atoms with Crippen molar-refractivity contribution < 1.29 is 23.8 Å². The minimum atomic E-state index is -0.590. The molecule has 9 heteroatoms. The van der Waals surface area contributed by atoms with E-state index >= 15 is 0 Å². The van der Waals surface area contributed by atoms with Crippen molar-refractivity contribution in [1.82, 2.24) is 10.6 Å². The van der Waals surface area contributed by atoms with Crippen LogP contribution in [-0.4, -0.2) is 37.3 Å². The third kappa shape index (κ3) is 5.28. The number of nitrogens with one attached hydrogen (secondary N) is 2. The van der Waals surface area contributed by atoms with E-state index in [9.17, 15) is 9.59 Å². The van der Waals surface area contributed by atoms with Crippen molar-refractivity contribution >= 4 is 46.8 Å². The lowest BCUT2D eigenvalue weighted by atomic mass is 10.1. The highest BCUT2D eigenvalue weighted by Gasteiger charge is 2.26. The summed E-state index contributed by atoms with van der Waals surface area (Å²) in [7, 11) is 1.47. The first-order valence-corrected chi connectivity index (χ1v) is 9.74. The Labute approximate surface area is 184 Å². The minimum absolute atomic E-state index is 0.0330. The monoisotopic (exact) mass is 446 g/mol. The third-order valence-corrected chi connectivity index (χ3v) is 4.61. The van der Waals surface area contributed by atoms with E-state index in [1.807, 2.05) is 31.2 Å². The van der Waals surface area contributed by atoms with E-state index in [-0.39, 0.29) is 22.3 Å². The van der Waals surface area contributed by atoms with Crippen molar-refractivity contribution in [1.29, 1.82) is 0 Å². The molecule has 0 aliphatic carbocycles. The Bertz CT molecular complexity index is 999. The average molecular weight is 447 g/mol. The van der Waals surface area contributed by atoms with E-state index in [0.717, 1.165) is 11.3 Å². The van der Waals surface area contributed by atoms with Crippen LogP contribution in [0.4, 0.5) is 0 Å². The second-order valence-corrected chi connectivity index (χ2v) is 7.15. The number of hydrogen-bond donors (Lipinski definition) is 2.